The maximum Gasteiger partial charge on any atom is 1.00 e. The monoisotopic (exact) mass is 306 g/mol. The number of halogens is 3. The molecular formula is C8H11BF3KN2O2S. The number of nitrogens with zero attached hydrogens (tertiary/aromatic N) is 1. The van der Waals surface area contributed by atoms with Gasteiger partial charge < -0.3 is 17.7 Å². The number of carbonyl (C=O) groups is 1. The van der Waals surface area contributed by atoms with Gasteiger partial charge >= 0.3 is 64.5 Å². The number of hydrogen-bond donors (Lipinski definition) is 1. The summed E-state index contributed by atoms with van der Waals surface area (Å²) in [5.74, 6) is 0. The largest absolute Gasteiger partial charge is 1.00 e. The molecule has 1 aromatic heterocycles. The van der Waals surface area contributed by atoms with Gasteiger partial charge in [0.15, 0.2) is 5.13 Å². The molecule has 0 spiro atoms. The number of nitrogens with one attached hydrogen (secondary N) is 1. The van der Waals surface area contributed by atoms with Gasteiger partial charge in [0.1, 0.15) is 5.60 Å². The zero-order valence-corrected chi connectivity index (χ0v) is 14.4. The van der Waals surface area contributed by atoms with Crippen LogP contribution in [0.1, 0.15) is 20.8 Å². The molecule has 0 radical (unpaired) electrons. The molecule has 0 unspecified atom stereocenters. The van der Waals surface area contributed by atoms with E-state index in [9.17, 15) is 17.7 Å². The molecule has 0 saturated heterocycles. The van der Waals surface area contributed by atoms with Gasteiger partial charge in [-0.25, -0.2) is 9.78 Å². The van der Waals surface area contributed by atoms with E-state index in [4.69, 9.17) is 4.74 Å². The van der Waals surface area contributed by atoms with Crippen molar-refractivity contribution < 1.29 is 73.9 Å². The third kappa shape index (κ3) is 6.53. The Morgan fingerprint density at radius 3 is 2.39 bits per heavy atom. The molecule has 0 fully saturated rings. The van der Waals surface area contributed by atoms with Gasteiger partial charge in [0.05, 0.1) is 0 Å². The zero-order chi connectivity index (χ0) is 13.3. The Labute approximate surface area is 149 Å². The molecular weight excluding hydrogens is 295 g/mol. The summed E-state index contributed by atoms with van der Waals surface area (Å²) in [6.07, 6.45) is -0.134. The van der Waals surface area contributed by atoms with Crippen molar-refractivity contribution in [1.29, 1.82) is 0 Å². The first-order valence-electron chi connectivity index (χ1n) is 4.73. The van der Waals surface area contributed by atoms with E-state index in [1.807, 2.05) is 0 Å². The summed E-state index contributed by atoms with van der Waals surface area (Å²) in [5.41, 5.74) is -0.710. The van der Waals surface area contributed by atoms with Crippen molar-refractivity contribution in [3.63, 3.8) is 0 Å². The number of anilines is 1. The first-order chi connectivity index (χ1) is 7.58. The zero-order valence-electron chi connectivity index (χ0n) is 10.5. The fraction of sp³-hybridized carbons (Fsp3) is 0.500. The normalized spacial score (nSPS) is 11.7. The minimum atomic E-state index is -5.08. The predicted molar refractivity (Wildman–Crippen MR) is 60.7 cm³/mol. The minimum Gasteiger partial charge on any atom is -0.444 e. The van der Waals surface area contributed by atoms with E-state index in [2.05, 4.69) is 10.3 Å². The predicted octanol–water partition coefficient (Wildman–Crippen LogP) is -0.452. The van der Waals surface area contributed by atoms with Crippen LogP contribution in [-0.4, -0.2) is 23.7 Å². The number of rotatable bonds is 2. The summed E-state index contributed by atoms with van der Waals surface area (Å²) in [6.45, 7) is -0.126. The fourth-order valence-electron chi connectivity index (χ4n) is 0.887. The molecule has 0 aliphatic carbocycles. The average Bonchev–Trinajstić information content (AvgIpc) is 2.47. The molecule has 18 heavy (non-hydrogen) atoms. The van der Waals surface area contributed by atoms with Crippen LogP contribution in [0.4, 0.5) is 22.9 Å². The van der Waals surface area contributed by atoms with E-state index in [1.54, 1.807) is 20.8 Å². The maximum absolute atomic E-state index is 12.3. The molecule has 10 heteroatoms. The Morgan fingerprint density at radius 1 is 1.44 bits per heavy atom. The van der Waals surface area contributed by atoms with Crippen molar-refractivity contribution in [2.45, 2.75) is 26.4 Å². The van der Waals surface area contributed by atoms with Gasteiger partial charge in [-0.05, 0) is 25.5 Å². The van der Waals surface area contributed by atoms with Crippen LogP contribution in [0.15, 0.2) is 6.20 Å². The van der Waals surface area contributed by atoms with Gasteiger partial charge in [0, 0.05) is 6.20 Å². The standard InChI is InChI=1S/C8H11BF3N2O2S.K/c1-8(2,3)16-7(15)14-6-13-4-5(17-6)9(10,11)12;/h4H,1-3H3,(H,13,14,15);/q-1;+1. The second kappa shape index (κ2) is 6.71. The minimum absolute atomic E-state index is 0. The van der Waals surface area contributed by atoms with Crippen LogP contribution in [-0.2, 0) is 4.74 Å². The second-order valence-corrected chi connectivity index (χ2v) is 5.33. The SMILES string of the molecule is CC(C)(C)OC(=O)Nc1ncc([B-](F)(F)F)s1.[K+]. The summed E-state index contributed by atoms with van der Waals surface area (Å²) in [5, 5.41) is 2.02. The van der Waals surface area contributed by atoms with Gasteiger partial charge in [-0.1, -0.05) is 0 Å². The summed E-state index contributed by atoms with van der Waals surface area (Å²) in [7, 11) is 0. The van der Waals surface area contributed by atoms with Gasteiger partial charge in [0.25, 0.3) is 0 Å². The van der Waals surface area contributed by atoms with Crippen LogP contribution in [0.3, 0.4) is 0 Å². The molecule has 1 amide bonds. The Kier molecular flexibility index (Phi) is 6.85. The van der Waals surface area contributed by atoms with Crippen molar-refractivity contribution in [3.05, 3.63) is 6.20 Å². The van der Waals surface area contributed by atoms with E-state index in [-0.39, 0.29) is 56.5 Å². The number of thiazole rings is 1. The third-order valence-corrected chi connectivity index (χ3v) is 2.46. The van der Waals surface area contributed by atoms with Crippen molar-refractivity contribution >= 4 is 34.3 Å². The first kappa shape index (κ1) is 18.4. The van der Waals surface area contributed by atoms with Crippen LogP contribution in [0.2, 0.25) is 0 Å². The summed E-state index contributed by atoms with van der Waals surface area (Å²) < 4.78 is 41.0. The van der Waals surface area contributed by atoms with Crippen LogP contribution in [0.5, 0.6) is 0 Å². The number of carbonyl (C=O) groups excluding carboxylic acids is 1. The van der Waals surface area contributed by atoms with Crippen LogP contribution in [0, 0.1) is 0 Å². The summed E-state index contributed by atoms with van der Waals surface area (Å²) >= 11 is 0.374. The van der Waals surface area contributed by atoms with E-state index < -0.39 is 23.4 Å². The third-order valence-electron chi connectivity index (χ3n) is 1.45. The topological polar surface area (TPSA) is 51.2 Å². The van der Waals surface area contributed by atoms with Crippen LogP contribution >= 0.6 is 11.3 Å². The van der Waals surface area contributed by atoms with Gasteiger partial charge in [-0.3, -0.25) is 5.32 Å². The molecule has 0 aromatic carbocycles. The molecule has 1 heterocycles. The van der Waals surface area contributed by atoms with E-state index in [1.165, 1.54) is 0 Å². The second-order valence-electron chi connectivity index (χ2n) is 4.27. The van der Waals surface area contributed by atoms with Gasteiger partial charge in [-0.15, -0.1) is 11.3 Å². The van der Waals surface area contributed by atoms with E-state index in [0.717, 1.165) is 0 Å². The van der Waals surface area contributed by atoms with Crippen LogP contribution < -0.4 is 61.5 Å². The van der Waals surface area contributed by atoms with Crippen molar-refractivity contribution in [3.8, 4) is 0 Å². The molecule has 0 aliphatic heterocycles. The van der Waals surface area contributed by atoms with Crippen molar-refractivity contribution in [2.24, 2.45) is 0 Å². The number of ether oxygens (including phenoxy) is 1. The van der Waals surface area contributed by atoms with Crippen molar-refractivity contribution in [2.75, 3.05) is 5.32 Å². The summed E-state index contributed by atoms with van der Waals surface area (Å²) in [4.78, 5) is 14.7. The average molecular weight is 306 g/mol. The van der Waals surface area contributed by atoms with Crippen molar-refractivity contribution in [1.82, 2.24) is 4.98 Å². The number of amides is 1. The molecule has 1 N–H and O–H groups in total. The summed E-state index contributed by atoms with van der Waals surface area (Å²) in [6, 6.07) is 0. The molecule has 0 bridgehead atoms. The quantitative estimate of drug-likeness (QED) is 0.753. The molecule has 1 aromatic rings. The Morgan fingerprint density at radius 2 is 2.00 bits per heavy atom. The first-order valence-corrected chi connectivity index (χ1v) is 5.55. The smallest absolute Gasteiger partial charge is 0.444 e. The van der Waals surface area contributed by atoms with Gasteiger partial charge in [0.2, 0.25) is 0 Å². The Balaban J connectivity index is 0.00000289. The van der Waals surface area contributed by atoms with Crippen LogP contribution in [0.25, 0.3) is 0 Å². The Bertz CT molecular complexity index is 419. The van der Waals surface area contributed by atoms with E-state index in [0.29, 0.717) is 17.5 Å². The van der Waals surface area contributed by atoms with E-state index >= 15 is 0 Å². The van der Waals surface area contributed by atoms with Gasteiger partial charge in [-0.2, -0.15) is 0 Å². The fourth-order valence-corrected chi connectivity index (χ4v) is 1.59. The number of aromatic nitrogens is 1. The Hall–Kier alpha value is 0.391. The molecule has 0 atom stereocenters. The number of hydrogen-bond acceptors (Lipinski definition) is 4. The molecule has 4 nitrogen and oxygen atoms in total. The molecule has 96 valence electrons. The maximum atomic E-state index is 12.3. The molecule has 0 aliphatic rings. The molecule has 0 saturated carbocycles. The molecule has 1 rings (SSSR count).